The predicted octanol–water partition coefficient (Wildman–Crippen LogP) is 3.96. The Balaban J connectivity index is 1.40. The van der Waals surface area contributed by atoms with Crippen LogP contribution in [-0.2, 0) is 17.7 Å². The van der Waals surface area contributed by atoms with Gasteiger partial charge in [-0.2, -0.15) is 0 Å². The fourth-order valence-corrected chi connectivity index (χ4v) is 4.01. The molecule has 0 saturated heterocycles. The van der Waals surface area contributed by atoms with Crippen molar-refractivity contribution in [3.05, 3.63) is 59.9 Å². The quantitative estimate of drug-likeness (QED) is 0.328. The summed E-state index contributed by atoms with van der Waals surface area (Å²) in [4.78, 5) is 21.6. The highest BCUT2D eigenvalue weighted by atomic mass is 16.5. The van der Waals surface area contributed by atoms with Crippen molar-refractivity contribution in [2.24, 2.45) is 0 Å². The van der Waals surface area contributed by atoms with Gasteiger partial charge in [0.2, 0.25) is 0 Å². The lowest BCUT2D eigenvalue weighted by Crippen LogP contribution is -2.27. The number of rotatable bonds is 11. The van der Waals surface area contributed by atoms with Crippen molar-refractivity contribution in [3.8, 4) is 5.75 Å². The molecule has 0 aliphatic heterocycles. The van der Waals surface area contributed by atoms with E-state index in [-0.39, 0.29) is 5.91 Å². The van der Waals surface area contributed by atoms with Crippen LogP contribution >= 0.6 is 0 Å². The van der Waals surface area contributed by atoms with E-state index in [2.05, 4.69) is 27.9 Å². The third-order valence-electron chi connectivity index (χ3n) is 5.79. The molecule has 2 aromatic carbocycles. The highest BCUT2D eigenvalue weighted by Gasteiger charge is 2.17. The normalized spacial score (nSPS) is 11.2. The maximum absolute atomic E-state index is 12.3. The van der Waals surface area contributed by atoms with Crippen molar-refractivity contribution >= 4 is 33.7 Å². The van der Waals surface area contributed by atoms with Gasteiger partial charge in [-0.1, -0.05) is 31.5 Å². The van der Waals surface area contributed by atoms with Gasteiger partial charge in [-0.15, -0.1) is 0 Å². The van der Waals surface area contributed by atoms with Crippen LogP contribution in [0.1, 0.15) is 35.9 Å². The summed E-state index contributed by atoms with van der Waals surface area (Å²) in [5, 5.41) is 3.92. The van der Waals surface area contributed by atoms with Crippen molar-refractivity contribution in [1.82, 2.24) is 19.9 Å². The SMILES string of the molecule is CCCCc1nc2c(N)nc3ccccc3c2n1CCOCCNC(=O)c1ccc(OC)cc1. The van der Waals surface area contributed by atoms with Crippen LogP contribution in [0.3, 0.4) is 0 Å². The summed E-state index contributed by atoms with van der Waals surface area (Å²) in [6, 6.07) is 15.0. The van der Waals surface area contributed by atoms with Gasteiger partial charge in [0, 0.05) is 30.5 Å². The van der Waals surface area contributed by atoms with Crippen LogP contribution < -0.4 is 15.8 Å². The number of fused-ring (bicyclic) bond motifs is 3. The average molecular weight is 462 g/mol. The molecule has 2 heterocycles. The molecule has 4 aromatic rings. The number of aryl methyl sites for hydroxylation is 1. The molecule has 2 aromatic heterocycles. The lowest BCUT2D eigenvalue weighted by atomic mass is 10.2. The van der Waals surface area contributed by atoms with Crippen molar-refractivity contribution in [1.29, 1.82) is 0 Å². The van der Waals surface area contributed by atoms with Crippen LogP contribution in [0.25, 0.3) is 21.9 Å². The number of ether oxygens (including phenoxy) is 2. The molecule has 8 nitrogen and oxygen atoms in total. The molecule has 34 heavy (non-hydrogen) atoms. The third kappa shape index (κ3) is 5.12. The number of carbonyl (C=O) groups is 1. The number of pyridine rings is 1. The Hall–Kier alpha value is -3.65. The number of hydrogen-bond donors (Lipinski definition) is 2. The van der Waals surface area contributed by atoms with Crippen molar-refractivity contribution in [2.75, 3.05) is 32.6 Å². The van der Waals surface area contributed by atoms with Crippen molar-refractivity contribution < 1.29 is 14.3 Å². The largest absolute Gasteiger partial charge is 0.497 e. The number of benzene rings is 2. The van der Waals surface area contributed by atoms with Gasteiger partial charge in [0.25, 0.3) is 5.91 Å². The van der Waals surface area contributed by atoms with Gasteiger partial charge in [-0.3, -0.25) is 4.79 Å². The van der Waals surface area contributed by atoms with Crippen LogP contribution in [0.15, 0.2) is 48.5 Å². The number of anilines is 1. The Bertz CT molecular complexity index is 1270. The fraction of sp³-hybridized carbons (Fsp3) is 0.346. The first-order valence-corrected chi connectivity index (χ1v) is 11.7. The Morgan fingerprint density at radius 3 is 2.65 bits per heavy atom. The lowest BCUT2D eigenvalue weighted by Gasteiger charge is -2.12. The molecular formula is C26H31N5O3. The topological polar surface area (TPSA) is 104 Å². The zero-order valence-corrected chi connectivity index (χ0v) is 19.7. The van der Waals surface area contributed by atoms with Crippen LogP contribution in [0.5, 0.6) is 5.75 Å². The number of nitrogens with one attached hydrogen (secondary N) is 1. The maximum atomic E-state index is 12.3. The molecule has 0 atom stereocenters. The summed E-state index contributed by atoms with van der Waals surface area (Å²) < 4.78 is 13.2. The number of methoxy groups -OCH3 is 1. The number of para-hydroxylation sites is 1. The summed E-state index contributed by atoms with van der Waals surface area (Å²) in [6.45, 7) is 4.16. The van der Waals surface area contributed by atoms with Crippen LogP contribution in [0.4, 0.5) is 5.82 Å². The molecule has 1 amide bonds. The van der Waals surface area contributed by atoms with Gasteiger partial charge >= 0.3 is 0 Å². The number of imidazole rings is 1. The second kappa shape index (κ2) is 11.0. The summed E-state index contributed by atoms with van der Waals surface area (Å²) in [5.74, 6) is 2.03. The van der Waals surface area contributed by atoms with Gasteiger partial charge in [0.15, 0.2) is 5.82 Å². The first-order chi connectivity index (χ1) is 16.6. The van der Waals surface area contributed by atoms with Gasteiger partial charge in [-0.25, -0.2) is 9.97 Å². The molecule has 178 valence electrons. The number of carbonyl (C=O) groups excluding carboxylic acids is 1. The highest BCUT2D eigenvalue weighted by molar-refractivity contribution is 6.06. The summed E-state index contributed by atoms with van der Waals surface area (Å²) >= 11 is 0. The minimum absolute atomic E-state index is 0.136. The molecule has 0 unspecified atom stereocenters. The van der Waals surface area contributed by atoms with E-state index in [4.69, 9.17) is 20.2 Å². The molecule has 0 aliphatic carbocycles. The van der Waals surface area contributed by atoms with Gasteiger partial charge < -0.3 is 25.1 Å². The average Bonchev–Trinajstić information content (AvgIpc) is 3.24. The molecular weight excluding hydrogens is 430 g/mol. The number of amides is 1. The Kier molecular flexibility index (Phi) is 7.59. The van der Waals surface area contributed by atoms with Crippen LogP contribution in [0.2, 0.25) is 0 Å². The van der Waals surface area contributed by atoms with E-state index >= 15 is 0 Å². The van der Waals surface area contributed by atoms with E-state index in [1.807, 2.05) is 18.2 Å². The third-order valence-corrected chi connectivity index (χ3v) is 5.79. The van der Waals surface area contributed by atoms with Gasteiger partial charge in [0.1, 0.15) is 17.1 Å². The second-order valence-electron chi connectivity index (χ2n) is 8.09. The molecule has 8 heteroatoms. The minimum atomic E-state index is -0.136. The second-order valence-corrected chi connectivity index (χ2v) is 8.09. The molecule has 0 aliphatic rings. The first-order valence-electron chi connectivity index (χ1n) is 11.7. The Morgan fingerprint density at radius 2 is 1.88 bits per heavy atom. The first kappa shape index (κ1) is 23.5. The smallest absolute Gasteiger partial charge is 0.251 e. The highest BCUT2D eigenvalue weighted by Crippen LogP contribution is 2.29. The molecule has 4 rings (SSSR count). The van der Waals surface area contributed by atoms with Crippen molar-refractivity contribution in [3.63, 3.8) is 0 Å². The van der Waals surface area contributed by atoms with E-state index in [1.54, 1.807) is 31.4 Å². The number of hydrogen-bond acceptors (Lipinski definition) is 6. The summed E-state index contributed by atoms with van der Waals surface area (Å²) in [6.07, 6.45) is 3.01. The maximum Gasteiger partial charge on any atom is 0.251 e. The lowest BCUT2D eigenvalue weighted by molar-refractivity contribution is 0.0908. The van der Waals surface area contributed by atoms with Crippen molar-refractivity contribution in [2.45, 2.75) is 32.7 Å². The fourth-order valence-electron chi connectivity index (χ4n) is 4.01. The molecule has 3 N–H and O–H groups in total. The minimum Gasteiger partial charge on any atom is -0.497 e. The Labute approximate surface area is 199 Å². The molecule has 0 spiro atoms. The monoisotopic (exact) mass is 461 g/mol. The summed E-state index contributed by atoms with van der Waals surface area (Å²) in [7, 11) is 1.60. The Morgan fingerprint density at radius 1 is 1.09 bits per heavy atom. The van der Waals surface area contributed by atoms with Crippen LogP contribution in [0, 0.1) is 0 Å². The van der Waals surface area contributed by atoms with Gasteiger partial charge in [-0.05, 0) is 36.8 Å². The van der Waals surface area contributed by atoms with E-state index in [0.717, 1.165) is 52.8 Å². The molecule has 0 radical (unpaired) electrons. The van der Waals surface area contributed by atoms with Crippen LogP contribution in [-0.4, -0.2) is 47.3 Å². The number of nitrogens with zero attached hydrogens (tertiary/aromatic N) is 3. The standard InChI is InChI=1S/C26H31N5O3/c1-3-4-9-22-30-23-24(20-7-5-6-8-21(20)29-25(23)27)31(22)15-17-34-16-14-28-26(32)18-10-12-19(33-2)13-11-18/h5-8,10-13H,3-4,9,14-17H2,1-2H3,(H2,27,29)(H,28,32). The van der Waals surface area contributed by atoms with E-state index in [0.29, 0.717) is 37.7 Å². The summed E-state index contributed by atoms with van der Waals surface area (Å²) in [5.41, 5.74) is 9.45. The number of nitrogen functional groups attached to an aromatic ring is 1. The van der Waals surface area contributed by atoms with E-state index in [1.165, 1.54) is 0 Å². The molecule has 0 saturated carbocycles. The predicted molar refractivity (Wildman–Crippen MR) is 134 cm³/mol. The number of nitrogens with two attached hydrogens (primary N) is 1. The zero-order chi connectivity index (χ0) is 23.9. The van der Waals surface area contributed by atoms with E-state index < -0.39 is 0 Å². The van der Waals surface area contributed by atoms with E-state index in [9.17, 15) is 4.79 Å². The number of unbranched alkanes of at least 4 members (excludes halogenated alkanes) is 1. The zero-order valence-electron chi connectivity index (χ0n) is 19.7. The number of aromatic nitrogens is 3. The molecule has 0 bridgehead atoms. The van der Waals surface area contributed by atoms with Gasteiger partial charge in [0.05, 0.1) is 31.4 Å². The molecule has 0 fully saturated rings.